The molecule has 1 atom stereocenters. The average molecular weight is 352 g/mol. The van der Waals surface area contributed by atoms with Gasteiger partial charge >= 0.3 is 0 Å². The highest BCUT2D eigenvalue weighted by Gasteiger charge is 2.29. The Labute approximate surface area is 130 Å². The van der Waals surface area contributed by atoms with Crippen LogP contribution in [0.15, 0.2) is 34.9 Å². The first-order valence-electron chi connectivity index (χ1n) is 6.74. The van der Waals surface area contributed by atoms with E-state index in [1.54, 1.807) is 6.92 Å². The van der Waals surface area contributed by atoms with Crippen molar-refractivity contribution in [3.8, 4) is 5.75 Å². The third-order valence-electron chi connectivity index (χ3n) is 3.64. The normalized spacial score (nSPS) is 16.2. The van der Waals surface area contributed by atoms with Gasteiger partial charge in [-0.3, -0.25) is 4.98 Å². The predicted molar refractivity (Wildman–Crippen MR) is 80.8 cm³/mol. The molecule has 2 aromatic rings. The Morgan fingerprint density at radius 1 is 1.43 bits per heavy atom. The number of hydrogen-bond acceptors (Lipinski definition) is 3. The Balaban J connectivity index is 1.94. The van der Waals surface area contributed by atoms with Gasteiger partial charge in [-0.2, -0.15) is 0 Å². The second-order valence-electron chi connectivity index (χ2n) is 5.46. The van der Waals surface area contributed by atoms with E-state index >= 15 is 0 Å². The van der Waals surface area contributed by atoms with Gasteiger partial charge in [0.05, 0.1) is 18.5 Å². The molecular weight excluding hydrogens is 337 g/mol. The molecule has 0 radical (unpaired) electrons. The predicted octanol–water partition coefficient (Wildman–Crippen LogP) is 3.37. The maximum Gasteiger partial charge on any atom is 0.141 e. The molecule has 0 bridgehead atoms. The minimum Gasteiger partial charge on any atom is -0.493 e. The third-order valence-corrected chi connectivity index (χ3v) is 4.10. The van der Waals surface area contributed by atoms with E-state index in [1.165, 1.54) is 12.1 Å². The van der Waals surface area contributed by atoms with Gasteiger partial charge in [0.25, 0.3) is 0 Å². The number of rotatable bonds is 3. The molecule has 1 unspecified atom stereocenters. The highest BCUT2D eigenvalue weighted by molar-refractivity contribution is 9.10. The molecule has 3 rings (SSSR count). The van der Waals surface area contributed by atoms with Gasteiger partial charge in [0.1, 0.15) is 17.2 Å². The average Bonchev–Trinajstić information content (AvgIpc) is 2.87. The van der Waals surface area contributed by atoms with Crippen LogP contribution in [0.25, 0.3) is 0 Å². The quantitative estimate of drug-likeness (QED) is 0.921. The van der Waals surface area contributed by atoms with Crippen LogP contribution in [-0.2, 0) is 18.4 Å². The fourth-order valence-electron chi connectivity index (χ4n) is 2.63. The van der Waals surface area contributed by atoms with Gasteiger partial charge in [0, 0.05) is 17.3 Å². The van der Waals surface area contributed by atoms with E-state index in [-0.39, 0.29) is 0 Å². The molecule has 0 saturated carbocycles. The second-order valence-corrected chi connectivity index (χ2v) is 6.38. The van der Waals surface area contributed by atoms with E-state index in [1.807, 2.05) is 12.1 Å². The Morgan fingerprint density at radius 3 is 2.95 bits per heavy atom. The summed E-state index contributed by atoms with van der Waals surface area (Å²) < 4.78 is 19.6. The molecule has 1 aliphatic rings. The van der Waals surface area contributed by atoms with Crippen molar-refractivity contribution in [1.82, 2.24) is 4.98 Å². The smallest absolute Gasteiger partial charge is 0.141 e. The Hall–Kier alpha value is -1.46. The Bertz CT molecular complexity index is 671. The number of benzene rings is 1. The van der Waals surface area contributed by atoms with Crippen molar-refractivity contribution in [2.75, 3.05) is 6.61 Å². The molecule has 1 aromatic carbocycles. The van der Waals surface area contributed by atoms with Crippen molar-refractivity contribution in [2.45, 2.75) is 25.4 Å². The molecule has 0 fully saturated rings. The summed E-state index contributed by atoms with van der Waals surface area (Å²) in [5.74, 6) is 0.432. The molecule has 5 heteroatoms. The zero-order chi connectivity index (χ0) is 15.0. The second kappa shape index (κ2) is 5.39. The molecule has 21 heavy (non-hydrogen) atoms. The first-order chi connectivity index (χ1) is 9.95. The Morgan fingerprint density at radius 2 is 2.24 bits per heavy atom. The number of nitrogens with zero attached hydrogens (tertiary/aromatic N) is 1. The lowest BCUT2D eigenvalue weighted by atomic mass is 9.91. The molecule has 1 aliphatic heterocycles. The summed E-state index contributed by atoms with van der Waals surface area (Å²) in [7, 11) is 0. The summed E-state index contributed by atoms with van der Waals surface area (Å²) in [6.45, 7) is 2.34. The number of fused-ring (bicyclic) bond motifs is 1. The van der Waals surface area contributed by atoms with Gasteiger partial charge in [-0.05, 0) is 42.3 Å². The van der Waals surface area contributed by atoms with Crippen LogP contribution in [0.2, 0.25) is 0 Å². The molecule has 0 amide bonds. The zero-order valence-corrected chi connectivity index (χ0v) is 13.2. The summed E-state index contributed by atoms with van der Waals surface area (Å²) in [5.41, 5.74) is 1.32. The molecule has 1 aromatic heterocycles. The molecule has 110 valence electrons. The van der Waals surface area contributed by atoms with Gasteiger partial charge in [-0.25, -0.2) is 4.39 Å². The van der Waals surface area contributed by atoms with E-state index in [0.717, 1.165) is 34.0 Å². The number of aliphatic hydroxyl groups is 1. The van der Waals surface area contributed by atoms with Gasteiger partial charge in [-0.1, -0.05) is 15.9 Å². The molecule has 1 N–H and O–H groups in total. The minimum atomic E-state index is -1.19. The summed E-state index contributed by atoms with van der Waals surface area (Å²) in [6, 6.07) is 6.80. The van der Waals surface area contributed by atoms with E-state index in [2.05, 4.69) is 20.9 Å². The molecule has 0 aliphatic carbocycles. The van der Waals surface area contributed by atoms with Gasteiger partial charge in [-0.15, -0.1) is 0 Å². The van der Waals surface area contributed by atoms with Crippen molar-refractivity contribution >= 4 is 15.9 Å². The van der Waals surface area contributed by atoms with Crippen molar-refractivity contribution in [1.29, 1.82) is 0 Å². The van der Waals surface area contributed by atoms with Crippen LogP contribution < -0.4 is 4.74 Å². The van der Waals surface area contributed by atoms with E-state index < -0.39 is 11.4 Å². The first-order valence-corrected chi connectivity index (χ1v) is 7.53. The van der Waals surface area contributed by atoms with Crippen molar-refractivity contribution < 1.29 is 14.2 Å². The van der Waals surface area contributed by atoms with Crippen LogP contribution in [0.5, 0.6) is 5.75 Å². The maximum atomic E-state index is 13.0. The van der Waals surface area contributed by atoms with Gasteiger partial charge < -0.3 is 9.84 Å². The Kier molecular flexibility index (Phi) is 3.71. The van der Waals surface area contributed by atoms with Crippen LogP contribution in [0.4, 0.5) is 4.39 Å². The van der Waals surface area contributed by atoms with Gasteiger partial charge in [0.15, 0.2) is 0 Å². The van der Waals surface area contributed by atoms with Crippen molar-refractivity contribution in [3.63, 3.8) is 0 Å². The molecular formula is C16H15BrFNO2. The SMILES string of the molecule is CC(O)(Cc1cc(Br)cc2c1OCC2)c1ccc(F)cn1. The van der Waals surface area contributed by atoms with Crippen LogP contribution in [-0.4, -0.2) is 16.7 Å². The number of ether oxygens (including phenoxy) is 1. The standard InChI is InChI=1S/C16H15BrFNO2/c1-16(20,14-3-2-13(18)9-19-14)8-11-7-12(17)6-10-4-5-21-15(10)11/h2-3,6-7,9,20H,4-5,8H2,1H3. The van der Waals surface area contributed by atoms with E-state index in [0.29, 0.717) is 18.7 Å². The lowest BCUT2D eigenvalue weighted by Crippen LogP contribution is -2.26. The third kappa shape index (κ3) is 2.94. The molecule has 0 spiro atoms. The maximum absolute atomic E-state index is 13.0. The largest absolute Gasteiger partial charge is 0.493 e. The van der Waals surface area contributed by atoms with Crippen LogP contribution in [0.1, 0.15) is 23.7 Å². The number of hydrogen-bond donors (Lipinski definition) is 1. The van der Waals surface area contributed by atoms with E-state index in [9.17, 15) is 9.50 Å². The summed E-state index contributed by atoms with van der Waals surface area (Å²) >= 11 is 3.49. The van der Waals surface area contributed by atoms with Crippen LogP contribution in [0.3, 0.4) is 0 Å². The highest BCUT2D eigenvalue weighted by Crippen LogP contribution is 2.36. The minimum absolute atomic E-state index is 0.355. The fourth-order valence-corrected chi connectivity index (χ4v) is 3.19. The number of aromatic nitrogens is 1. The summed E-state index contributed by atoms with van der Waals surface area (Å²) in [6.07, 6.45) is 2.35. The zero-order valence-electron chi connectivity index (χ0n) is 11.6. The first kappa shape index (κ1) is 14.5. The molecule has 0 saturated heterocycles. The van der Waals surface area contributed by atoms with E-state index in [4.69, 9.17) is 4.74 Å². The lowest BCUT2D eigenvalue weighted by molar-refractivity contribution is 0.0522. The lowest BCUT2D eigenvalue weighted by Gasteiger charge is -2.24. The van der Waals surface area contributed by atoms with Gasteiger partial charge in [0.2, 0.25) is 0 Å². The molecule has 3 nitrogen and oxygen atoms in total. The van der Waals surface area contributed by atoms with Crippen molar-refractivity contribution in [3.05, 3.63) is 57.6 Å². The highest BCUT2D eigenvalue weighted by atomic mass is 79.9. The number of halogens is 2. The summed E-state index contributed by atoms with van der Waals surface area (Å²) in [5, 5.41) is 10.7. The summed E-state index contributed by atoms with van der Waals surface area (Å²) in [4.78, 5) is 3.98. The van der Waals surface area contributed by atoms with Crippen molar-refractivity contribution in [2.24, 2.45) is 0 Å². The molecule has 2 heterocycles. The van der Waals surface area contributed by atoms with Crippen LogP contribution in [0, 0.1) is 5.82 Å². The van der Waals surface area contributed by atoms with Crippen LogP contribution >= 0.6 is 15.9 Å². The number of pyridine rings is 1. The topological polar surface area (TPSA) is 42.4 Å². The monoisotopic (exact) mass is 351 g/mol. The fraction of sp³-hybridized carbons (Fsp3) is 0.312.